The SMILES string of the molecule is NC(CC(=O)Nc1ccc(Cl)c2cccnc12)C1CC1. The highest BCUT2D eigenvalue weighted by atomic mass is 35.5. The number of fused-ring (bicyclic) bond motifs is 1. The zero-order chi connectivity index (χ0) is 14.1. The van der Waals surface area contributed by atoms with E-state index in [0.717, 1.165) is 18.2 Å². The summed E-state index contributed by atoms with van der Waals surface area (Å²) in [5.41, 5.74) is 7.35. The van der Waals surface area contributed by atoms with E-state index in [1.54, 1.807) is 18.3 Å². The first-order chi connectivity index (χ1) is 9.65. The number of amides is 1. The van der Waals surface area contributed by atoms with Crippen LogP contribution in [0, 0.1) is 5.92 Å². The first kappa shape index (κ1) is 13.3. The quantitative estimate of drug-likeness (QED) is 0.909. The second-order valence-electron chi connectivity index (χ2n) is 5.25. The van der Waals surface area contributed by atoms with Crippen molar-refractivity contribution < 1.29 is 4.79 Å². The van der Waals surface area contributed by atoms with E-state index in [-0.39, 0.29) is 11.9 Å². The van der Waals surface area contributed by atoms with Crippen LogP contribution in [0.2, 0.25) is 5.02 Å². The summed E-state index contributed by atoms with van der Waals surface area (Å²) in [6, 6.07) is 7.21. The fourth-order valence-corrected chi connectivity index (χ4v) is 2.56. The number of nitrogens with two attached hydrogens (primary N) is 1. The molecule has 1 atom stereocenters. The molecule has 1 saturated carbocycles. The molecule has 0 bridgehead atoms. The number of carbonyl (C=O) groups excluding carboxylic acids is 1. The van der Waals surface area contributed by atoms with Crippen molar-refractivity contribution >= 4 is 34.1 Å². The van der Waals surface area contributed by atoms with Gasteiger partial charge in [0.05, 0.1) is 16.2 Å². The molecule has 3 N–H and O–H groups in total. The first-order valence-corrected chi connectivity index (χ1v) is 7.11. The van der Waals surface area contributed by atoms with Gasteiger partial charge in [-0.1, -0.05) is 11.6 Å². The van der Waals surface area contributed by atoms with Crippen molar-refractivity contribution in [2.75, 3.05) is 5.32 Å². The zero-order valence-electron chi connectivity index (χ0n) is 11.0. The number of hydrogen-bond donors (Lipinski definition) is 2. The van der Waals surface area contributed by atoms with Crippen LogP contribution in [0.25, 0.3) is 10.9 Å². The van der Waals surface area contributed by atoms with E-state index < -0.39 is 0 Å². The number of anilines is 1. The van der Waals surface area contributed by atoms with Gasteiger partial charge in [0.25, 0.3) is 0 Å². The molecule has 4 nitrogen and oxygen atoms in total. The summed E-state index contributed by atoms with van der Waals surface area (Å²) in [5, 5.41) is 4.34. The lowest BCUT2D eigenvalue weighted by molar-refractivity contribution is -0.116. The van der Waals surface area contributed by atoms with Crippen molar-refractivity contribution in [2.24, 2.45) is 11.7 Å². The lowest BCUT2D eigenvalue weighted by Gasteiger charge is -2.12. The Morgan fingerprint density at radius 1 is 1.45 bits per heavy atom. The third-order valence-electron chi connectivity index (χ3n) is 3.64. The van der Waals surface area contributed by atoms with Gasteiger partial charge in [-0.2, -0.15) is 0 Å². The van der Waals surface area contributed by atoms with Gasteiger partial charge in [-0.3, -0.25) is 9.78 Å². The van der Waals surface area contributed by atoms with Crippen molar-refractivity contribution in [2.45, 2.75) is 25.3 Å². The standard InChI is InChI=1S/C15H16ClN3O/c16-11-5-6-13(15-10(11)2-1-7-18-15)19-14(20)8-12(17)9-3-4-9/h1-2,5-7,9,12H,3-4,8,17H2,(H,19,20). The van der Waals surface area contributed by atoms with E-state index in [1.807, 2.05) is 12.1 Å². The Bertz CT molecular complexity index is 655. The third kappa shape index (κ3) is 2.76. The molecule has 2 aromatic rings. The monoisotopic (exact) mass is 289 g/mol. The molecular formula is C15H16ClN3O. The average molecular weight is 290 g/mol. The number of nitrogens with zero attached hydrogens (tertiary/aromatic N) is 1. The molecule has 1 fully saturated rings. The Balaban J connectivity index is 1.80. The molecular weight excluding hydrogens is 274 g/mol. The minimum Gasteiger partial charge on any atom is -0.327 e. The zero-order valence-corrected chi connectivity index (χ0v) is 11.7. The van der Waals surface area contributed by atoms with Crippen LogP contribution in [-0.2, 0) is 4.79 Å². The molecule has 5 heteroatoms. The molecule has 1 unspecified atom stereocenters. The minimum atomic E-state index is -0.0707. The van der Waals surface area contributed by atoms with E-state index >= 15 is 0 Å². The van der Waals surface area contributed by atoms with Crippen molar-refractivity contribution in [1.29, 1.82) is 0 Å². The molecule has 0 spiro atoms. The van der Waals surface area contributed by atoms with E-state index in [1.165, 1.54) is 0 Å². The van der Waals surface area contributed by atoms with Crippen molar-refractivity contribution in [3.8, 4) is 0 Å². The topological polar surface area (TPSA) is 68.0 Å². The molecule has 1 aliphatic rings. The highest BCUT2D eigenvalue weighted by Gasteiger charge is 2.29. The summed E-state index contributed by atoms with van der Waals surface area (Å²) in [6.07, 6.45) is 4.31. The minimum absolute atomic E-state index is 0.0403. The second-order valence-corrected chi connectivity index (χ2v) is 5.66. The number of benzene rings is 1. The molecule has 0 saturated heterocycles. The Kier molecular flexibility index (Phi) is 3.59. The maximum absolute atomic E-state index is 12.0. The predicted molar refractivity (Wildman–Crippen MR) is 80.7 cm³/mol. The van der Waals surface area contributed by atoms with Crippen molar-refractivity contribution in [3.05, 3.63) is 35.5 Å². The molecule has 1 heterocycles. The van der Waals surface area contributed by atoms with Crippen molar-refractivity contribution in [1.82, 2.24) is 4.98 Å². The molecule has 3 rings (SSSR count). The van der Waals surface area contributed by atoms with Gasteiger partial charge in [-0.15, -0.1) is 0 Å². The number of rotatable bonds is 4. The van der Waals surface area contributed by atoms with Crippen molar-refractivity contribution in [3.63, 3.8) is 0 Å². The van der Waals surface area contributed by atoms with Gasteiger partial charge in [0.15, 0.2) is 0 Å². The average Bonchev–Trinajstić information content (AvgIpc) is 3.27. The number of halogens is 1. The normalized spacial score (nSPS) is 16.1. The fraction of sp³-hybridized carbons (Fsp3) is 0.333. The number of pyridine rings is 1. The van der Waals surface area contributed by atoms with Gasteiger partial charge in [-0.25, -0.2) is 0 Å². The van der Waals surface area contributed by atoms with Gasteiger partial charge in [0.2, 0.25) is 5.91 Å². The predicted octanol–water partition coefficient (Wildman–Crippen LogP) is 2.95. The number of carbonyl (C=O) groups is 1. The van der Waals surface area contributed by atoms with Crippen LogP contribution >= 0.6 is 11.6 Å². The molecule has 0 aliphatic heterocycles. The van der Waals surface area contributed by atoms with Crippen LogP contribution in [-0.4, -0.2) is 16.9 Å². The summed E-state index contributed by atoms with van der Waals surface area (Å²) in [4.78, 5) is 16.3. The largest absolute Gasteiger partial charge is 0.327 e. The van der Waals surface area contributed by atoms with Gasteiger partial charge in [-0.05, 0) is 43.0 Å². The van der Waals surface area contributed by atoms with Crippen LogP contribution in [0.15, 0.2) is 30.5 Å². The Hall–Kier alpha value is -1.65. The lowest BCUT2D eigenvalue weighted by Crippen LogP contribution is -2.28. The summed E-state index contributed by atoms with van der Waals surface area (Å²) in [5.74, 6) is 0.444. The Morgan fingerprint density at radius 2 is 2.25 bits per heavy atom. The molecule has 1 amide bonds. The first-order valence-electron chi connectivity index (χ1n) is 6.74. The van der Waals surface area contributed by atoms with Gasteiger partial charge >= 0.3 is 0 Å². The number of nitrogens with one attached hydrogen (secondary N) is 1. The Labute approximate surface area is 122 Å². The molecule has 1 aromatic heterocycles. The summed E-state index contributed by atoms with van der Waals surface area (Å²) >= 11 is 6.13. The fourth-order valence-electron chi connectivity index (χ4n) is 2.35. The second kappa shape index (κ2) is 5.38. The van der Waals surface area contributed by atoms with E-state index in [2.05, 4.69) is 10.3 Å². The Morgan fingerprint density at radius 3 is 3.00 bits per heavy atom. The van der Waals surface area contributed by atoms with Crippen LogP contribution < -0.4 is 11.1 Å². The van der Waals surface area contributed by atoms with Gasteiger partial charge < -0.3 is 11.1 Å². The summed E-state index contributed by atoms with van der Waals surface area (Å²) in [6.45, 7) is 0. The summed E-state index contributed by atoms with van der Waals surface area (Å²) < 4.78 is 0. The van der Waals surface area contributed by atoms with E-state index in [4.69, 9.17) is 17.3 Å². The molecule has 104 valence electrons. The van der Waals surface area contributed by atoms with Gasteiger partial charge in [0.1, 0.15) is 0 Å². The molecule has 1 aromatic carbocycles. The van der Waals surface area contributed by atoms with E-state index in [9.17, 15) is 4.79 Å². The third-order valence-corrected chi connectivity index (χ3v) is 3.97. The van der Waals surface area contributed by atoms with Crippen LogP contribution in [0.1, 0.15) is 19.3 Å². The molecule has 0 radical (unpaired) electrons. The number of aromatic nitrogens is 1. The number of hydrogen-bond acceptors (Lipinski definition) is 3. The van der Waals surface area contributed by atoms with Gasteiger partial charge in [0, 0.05) is 24.0 Å². The molecule has 20 heavy (non-hydrogen) atoms. The van der Waals surface area contributed by atoms with Crippen LogP contribution in [0.5, 0.6) is 0 Å². The highest BCUT2D eigenvalue weighted by molar-refractivity contribution is 6.35. The summed E-state index contributed by atoms with van der Waals surface area (Å²) in [7, 11) is 0. The molecule has 1 aliphatic carbocycles. The maximum atomic E-state index is 12.0. The highest BCUT2D eigenvalue weighted by Crippen LogP contribution is 2.33. The van der Waals surface area contributed by atoms with E-state index in [0.29, 0.717) is 28.6 Å². The lowest BCUT2D eigenvalue weighted by atomic mass is 10.1. The van der Waals surface area contributed by atoms with Crippen LogP contribution in [0.4, 0.5) is 5.69 Å². The maximum Gasteiger partial charge on any atom is 0.226 e. The van der Waals surface area contributed by atoms with Crippen LogP contribution in [0.3, 0.4) is 0 Å². The smallest absolute Gasteiger partial charge is 0.226 e.